The van der Waals surface area contributed by atoms with Crippen molar-refractivity contribution in [1.82, 2.24) is 19.9 Å². The summed E-state index contributed by atoms with van der Waals surface area (Å²) in [5.41, 5.74) is 3.00. The molecule has 2 N–H and O–H groups in total. The number of carbonyl (C=O) groups is 2. The fourth-order valence-corrected chi connectivity index (χ4v) is 3.61. The van der Waals surface area contributed by atoms with Crippen molar-refractivity contribution in [3.8, 4) is 0 Å². The Bertz CT molecular complexity index is 1040. The Kier molecular flexibility index (Phi) is 6.04. The smallest absolute Gasteiger partial charge is 0.257 e. The molecule has 0 radical (unpaired) electrons. The monoisotopic (exact) mass is 407 g/mol. The molecular formula is C22H25N5O3. The number of pyridine rings is 1. The number of imidazole rings is 1. The van der Waals surface area contributed by atoms with Gasteiger partial charge in [0.2, 0.25) is 5.91 Å². The van der Waals surface area contributed by atoms with E-state index in [0.29, 0.717) is 24.4 Å². The Morgan fingerprint density at radius 3 is 2.97 bits per heavy atom. The minimum atomic E-state index is -0.291. The Hall–Kier alpha value is -3.26. The maximum Gasteiger partial charge on any atom is 0.257 e. The number of rotatable bonds is 7. The van der Waals surface area contributed by atoms with Crippen LogP contribution in [-0.2, 0) is 23.0 Å². The molecular weight excluding hydrogens is 382 g/mol. The standard InChI is InChI=1S/C22H25N5O3/c1-27-18-9-8-16(25-21(28)15-5-2-10-23-14-15)13-17(18)26-20(27)7-3-11-24-22(29)19-6-4-12-30-19/h2,5,8-10,13-14,19H,3-4,6-7,11-12H2,1H3,(H,24,29)(H,25,28)/t19-/m0/s1. The van der Waals surface area contributed by atoms with Gasteiger partial charge in [-0.3, -0.25) is 14.6 Å². The van der Waals surface area contributed by atoms with Crippen molar-refractivity contribution in [2.75, 3.05) is 18.5 Å². The third-order valence-electron chi connectivity index (χ3n) is 5.25. The van der Waals surface area contributed by atoms with Gasteiger partial charge < -0.3 is 19.9 Å². The summed E-state index contributed by atoms with van der Waals surface area (Å²) >= 11 is 0. The molecule has 0 spiro atoms. The van der Waals surface area contributed by atoms with Crippen molar-refractivity contribution < 1.29 is 14.3 Å². The molecule has 0 bridgehead atoms. The van der Waals surface area contributed by atoms with Crippen LogP contribution in [-0.4, -0.2) is 45.6 Å². The van der Waals surface area contributed by atoms with Crippen molar-refractivity contribution >= 4 is 28.5 Å². The van der Waals surface area contributed by atoms with Crippen LogP contribution in [0.3, 0.4) is 0 Å². The van der Waals surface area contributed by atoms with Gasteiger partial charge in [0.15, 0.2) is 0 Å². The van der Waals surface area contributed by atoms with Gasteiger partial charge in [-0.05, 0) is 49.6 Å². The zero-order valence-electron chi connectivity index (χ0n) is 16.9. The molecule has 3 aromatic rings. The Balaban J connectivity index is 1.36. The van der Waals surface area contributed by atoms with Crippen molar-refractivity contribution in [2.45, 2.75) is 31.8 Å². The molecule has 1 aliphatic heterocycles. The molecule has 1 aromatic carbocycles. The minimum absolute atomic E-state index is 0.0218. The molecule has 8 nitrogen and oxygen atoms in total. The van der Waals surface area contributed by atoms with Gasteiger partial charge >= 0.3 is 0 Å². The molecule has 2 aromatic heterocycles. The molecule has 1 saturated heterocycles. The summed E-state index contributed by atoms with van der Waals surface area (Å²) < 4.78 is 7.44. The first-order valence-corrected chi connectivity index (χ1v) is 10.2. The Morgan fingerprint density at radius 1 is 1.30 bits per heavy atom. The highest BCUT2D eigenvalue weighted by Crippen LogP contribution is 2.21. The van der Waals surface area contributed by atoms with Gasteiger partial charge in [-0.15, -0.1) is 0 Å². The number of fused-ring (bicyclic) bond motifs is 1. The number of aryl methyl sites for hydroxylation is 2. The summed E-state index contributed by atoms with van der Waals surface area (Å²) in [6.45, 7) is 1.26. The lowest BCUT2D eigenvalue weighted by Gasteiger charge is -2.10. The topological polar surface area (TPSA) is 98.1 Å². The lowest BCUT2D eigenvalue weighted by atomic mass is 10.2. The molecule has 1 fully saturated rings. The average Bonchev–Trinajstić information content (AvgIpc) is 3.40. The maximum atomic E-state index is 12.3. The number of benzene rings is 1. The first kappa shape index (κ1) is 20.0. The van der Waals surface area contributed by atoms with Crippen LogP contribution in [0.25, 0.3) is 11.0 Å². The number of hydrogen-bond donors (Lipinski definition) is 2. The highest BCUT2D eigenvalue weighted by molar-refractivity contribution is 6.04. The van der Waals surface area contributed by atoms with Gasteiger partial charge in [-0.25, -0.2) is 4.98 Å². The van der Waals surface area contributed by atoms with Crippen LogP contribution in [0.15, 0.2) is 42.7 Å². The lowest BCUT2D eigenvalue weighted by molar-refractivity contribution is -0.130. The predicted octanol–water partition coefficient (Wildman–Crippen LogP) is 2.45. The molecule has 2 amide bonds. The van der Waals surface area contributed by atoms with E-state index in [1.165, 1.54) is 6.20 Å². The van der Waals surface area contributed by atoms with Crippen LogP contribution in [0.1, 0.15) is 35.4 Å². The van der Waals surface area contributed by atoms with E-state index in [0.717, 1.165) is 42.5 Å². The molecule has 0 saturated carbocycles. The van der Waals surface area contributed by atoms with Gasteiger partial charge in [-0.1, -0.05) is 0 Å². The minimum Gasteiger partial charge on any atom is -0.368 e. The van der Waals surface area contributed by atoms with Crippen LogP contribution < -0.4 is 10.6 Å². The fraction of sp³-hybridized carbons (Fsp3) is 0.364. The van der Waals surface area contributed by atoms with E-state index in [1.54, 1.807) is 18.3 Å². The van der Waals surface area contributed by atoms with Crippen LogP contribution in [0.2, 0.25) is 0 Å². The first-order chi connectivity index (χ1) is 14.6. The SMILES string of the molecule is Cn1c(CCCNC(=O)[C@@H]2CCCO2)nc2cc(NC(=O)c3cccnc3)ccc21. The number of nitrogens with zero attached hydrogens (tertiary/aromatic N) is 3. The second-order valence-corrected chi connectivity index (χ2v) is 7.38. The third kappa shape index (κ3) is 4.49. The number of amides is 2. The average molecular weight is 407 g/mol. The first-order valence-electron chi connectivity index (χ1n) is 10.2. The van der Waals surface area contributed by atoms with Gasteiger partial charge in [0, 0.05) is 44.7 Å². The summed E-state index contributed by atoms with van der Waals surface area (Å²) in [6.07, 6.45) is 6.16. The van der Waals surface area contributed by atoms with E-state index in [2.05, 4.69) is 15.6 Å². The van der Waals surface area contributed by atoms with Gasteiger partial charge in [-0.2, -0.15) is 0 Å². The molecule has 0 unspecified atom stereocenters. The van der Waals surface area contributed by atoms with Crippen LogP contribution in [0, 0.1) is 0 Å². The number of anilines is 1. The quantitative estimate of drug-likeness (QED) is 0.586. The van der Waals surface area contributed by atoms with Crippen molar-refractivity contribution in [3.63, 3.8) is 0 Å². The predicted molar refractivity (Wildman–Crippen MR) is 113 cm³/mol. The molecule has 0 aliphatic carbocycles. The number of carbonyl (C=O) groups excluding carboxylic acids is 2. The van der Waals surface area contributed by atoms with Crippen LogP contribution in [0.4, 0.5) is 5.69 Å². The summed E-state index contributed by atoms with van der Waals surface area (Å²) in [4.78, 5) is 33.0. The van der Waals surface area contributed by atoms with Gasteiger partial charge in [0.25, 0.3) is 5.91 Å². The number of aromatic nitrogens is 3. The van der Waals surface area contributed by atoms with Crippen molar-refractivity contribution in [1.29, 1.82) is 0 Å². The summed E-state index contributed by atoms with van der Waals surface area (Å²) in [5, 5.41) is 5.82. The highest BCUT2D eigenvalue weighted by atomic mass is 16.5. The molecule has 156 valence electrons. The Morgan fingerprint density at radius 2 is 2.20 bits per heavy atom. The summed E-state index contributed by atoms with van der Waals surface area (Å²) in [6, 6.07) is 9.13. The largest absolute Gasteiger partial charge is 0.368 e. The summed E-state index contributed by atoms with van der Waals surface area (Å²) in [7, 11) is 1.98. The van der Waals surface area contributed by atoms with Gasteiger partial charge in [0.05, 0.1) is 16.6 Å². The molecule has 1 atom stereocenters. The highest BCUT2D eigenvalue weighted by Gasteiger charge is 2.22. The van der Waals surface area contributed by atoms with Crippen molar-refractivity contribution in [3.05, 3.63) is 54.1 Å². The van der Waals surface area contributed by atoms with Crippen molar-refractivity contribution in [2.24, 2.45) is 7.05 Å². The van der Waals surface area contributed by atoms with E-state index in [-0.39, 0.29) is 17.9 Å². The van der Waals surface area contributed by atoms with E-state index in [4.69, 9.17) is 9.72 Å². The van der Waals surface area contributed by atoms with E-state index in [9.17, 15) is 9.59 Å². The molecule has 30 heavy (non-hydrogen) atoms. The zero-order chi connectivity index (χ0) is 20.9. The second-order valence-electron chi connectivity index (χ2n) is 7.38. The van der Waals surface area contributed by atoms with Crippen LogP contribution >= 0.6 is 0 Å². The number of hydrogen-bond acceptors (Lipinski definition) is 5. The second kappa shape index (κ2) is 9.04. The lowest BCUT2D eigenvalue weighted by Crippen LogP contribution is -2.34. The number of nitrogens with one attached hydrogen (secondary N) is 2. The maximum absolute atomic E-state index is 12.3. The molecule has 8 heteroatoms. The normalized spacial score (nSPS) is 16.0. The molecule has 1 aliphatic rings. The van der Waals surface area contributed by atoms with Gasteiger partial charge in [0.1, 0.15) is 11.9 Å². The Labute approximate surface area is 174 Å². The van der Waals surface area contributed by atoms with E-state index >= 15 is 0 Å². The van der Waals surface area contributed by atoms with E-state index < -0.39 is 0 Å². The number of ether oxygens (including phenoxy) is 1. The summed E-state index contributed by atoms with van der Waals surface area (Å²) in [5.74, 6) is 0.708. The molecule has 3 heterocycles. The fourth-order valence-electron chi connectivity index (χ4n) is 3.61. The van der Waals surface area contributed by atoms with E-state index in [1.807, 2.05) is 29.8 Å². The third-order valence-corrected chi connectivity index (χ3v) is 5.25. The zero-order valence-corrected chi connectivity index (χ0v) is 16.9. The molecule has 4 rings (SSSR count). The van der Waals surface area contributed by atoms with Crippen LogP contribution in [0.5, 0.6) is 0 Å².